The maximum absolute atomic E-state index is 12.5. The van der Waals surface area contributed by atoms with Gasteiger partial charge in [0.05, 0.1) is 22.9 Å². The summed E-state index contributed by atoms with van der Waals surface area (Å²) in [5.74, 6) is 3.62. The average molecular weight is 694 g/mol. The minimum Gasteiger partial charge on any atom is -0.395 e. The van der Waals surface area contributed by atoms with Crippen molar-refractivity contribution in [2.24, 2.45) is 0 Å². The minimum absolute atomic E-state index is 0.0330. The Bertz CT molecular complexity index is 886. The first kappa shape index (κ1) is 30.1. The van der Waals surface area contributed by atoms with Gasteiger partial charge in [-0.2, -0.15) is 11.8 Å². The second-order valence-corrected chi connectivity index (χ2v) is 9.32. The van der Waals surface area contributed by atoms with Crippen LogP contribution in [0.5, 0.6) is 0 Å². The van der Waals surface area contributed by atoms with Crippen LogP contribution in [0, 0.1) is 11.8 Å². The van der Waals surface area contributed by atoms with Gasteiger partial charge >= 0.3 is 0 Å². The van der Waals surface area contributed by atoms with E-state index in [0.717, 1.165) is 11.8 Å². The number of carbonyl (C=O) groups excluding carboxylic acids is 2. The lowest BCUT2D eigenvalue weighted by atomic mass is 10.00. The Kier molecular flexibility index (Phi) is 14.6. The molecule has 0 aliphatic carbocycles. The Balaban J connectivity index is 0.00000212. The molecule has 1 aromatic carbocycles. The summed E-state index contributed by atoms with van der Waals surface area (Å²) >= 11 is 5.40. The Labute approximate surface area is 210 Å². The van der Waals surface area contributed by atoms with E-state index >= 15 is 0 Å². The summed E-state index contributed by atoms with van der Waals surface area (Å²) in [5.41, 5.74) is 2.42. The zero-order valence-corrected chi connectivity index (χ0v) is 22.7. The van der Waals surface area contributed by atoms with Crippen LogP contribution in [-0.4, -0.2) is 65.7 Å². The summed E-state index contributed by atoms with van der Waals surface area (Å²) in [6, 6.07) is 5.08. The predicted octanol–water partition coefficient (Wildman–Crippen LogP) is 2.13. The molecule has 1 heterocycles. The van der Waals surface area contributed by atoms with Gasteiger partial charge in [-0.1, -0.05) is 11.8 Å². The smallest absolute Gasteiger partial charge is 0.267 e. The Morgan fingerprint density at radius 2 is 1.81 bits per heavy atom. The zero-order chi connectivity index (χ0) is 24.1. The van der Waals surface area contributed by atoms with E-state index in [1.165, 1.54) is 17.6 Å². The molecule has 31 heavy (non-hydrogen) atoms. The monoisotopic (exact) mass is 694 g/mol. The van der Waals surface area contributed by atoms with Crippen LogP contribution in [-0.2, 0) is 14.6 Å². The molecular formula is C19H24I2N2O6S2. The fourth-order valence-corrected chi connectivity index (χ4v) is 6.90. The summed E-state index contributed by atoms with van der Waals surface area (Å²) < 4.78 is 22.2. The first-order chi connectivity index (χ1) is 14.8. The Morgan fingerprint density at radius 3 is 2.23 bits per heavy atom. The molecule has 1 unspecified atom stereocenters. The van der Waals surface area contributed by atoms with Crippen LogP contribution < -0.4 is 10.8 Å². The van der Waals surface area contributed by atoms with Crippen molar-refractivity contribution in [2.45, 2.75) is 17.2 Å². The molecular weight excluding hydrogens is 670 g/mol. The third kappa shape index (κ3) is 8.89. The zero-order valence-electron chi connectivity index (χ0n) is 16.7. The van der Waals surface area contributed by atoms with E-state index in [2.05, 4.69) is 67.5 Å². The molecule has 0 bridgehead atoms. The highest BCUT2D eigenvalue weighted by Gasteiger charge is 2.56. The molecule has 0 spiro atoms. The lowest BCUT2D eigenvalue weighted by molar-refractivity contribution is -0.131. The van der Waals surface area contributed by atoms with Gasteiger partial charge in [0.1, 0.15) is 6.04 Å². The van der Waals surface area contributed by atoms with E-state index in [9.17, 15) is 18.0 Å². The van der Waals surface area contributed by atoms with Crippen molar-refractivity contribution >= 4 is 70.6 Å². The first-order valence-corrected chi connectivity index (χ1v) is 17.9. The van der Waals surface area contributed by atoms with Crippen LogP contribution in [0.15, 0.2) is 37.4 Å². The van der Waals surface area contributed by atoms with Gasteiger partial charge in [0.15, 0.2) is 9.84 Å². The molecule has 12 heteroatoms. The van der Waals surface area contributed by atoms with Crippen LogP contribution >= 0.6 is 49.0 Å². The van der Waals surface area contributed by atoms with E-state index < -0.39 is 32.4 Å². The number of hydrogen-bond donors (Lipinski definition) is 4. The van der Waals surface area contributed by atoms with Crippen LogP contribution in [0.1, 0.15) is 22.3 Å². The van der Waals surface area contributed by atoms with E-state index in [1.54, 1.807) is 18.4 Å². The van der Waals surface area contributed by atoms with Gasteiger partial charge in [0, 0.05) is 54.8 Å². The van der Waals surface area contributed by atoms with Gasteiger partial charge in [-0.15, -0.1) is 13.2 Å². The summed E-state index contributed by atoms with van der Waals surface area (Å²) in [6.45, 7) is 5.97. The lowest BCUT2D eigenvalue weighted by Crippen LogP contribution is -2.68. The molecule has 1 aliphatic heterocycles. The second-order valence-electron chi connectivity index (χ2n) is 6.04. The highest BCUT2D eigenvalue weighted by atomic mass is 128. The van der Waals surface area contributed by atoms with Crippen molar-refractivity contribution < 1.29 is 28.3 Å². The number of thioether (sulfide) groups is 1. The number of sulfone groups is 1. The summed E-state index contributed by atoms with van der Waals surface area (Å²) in [7, 11) is -3.27. The van der Waals surface area contributed by atoms with Gasteiger partial charge in [-0.3, -0.25) is 14.8 Å². The van der Waals surface area contributed by atoms with E-state index in [0.29, 0.717) is 12.0 Å². The quantitative estimate of drug-likeness (QED) is 0.118. The first-order valence-electron chi connectivity index (χ1n) is 8.61. The topological polar surface area (TPSA) is 133 Å². The van der Waals surface area contributed by atoms with E-state index in [-0.39, 0.29) is 23.7 Å². The molecule has 0 radical (unpaired) electrons. The van der Waals surface area contributed by atoms with Crippen molar-refractivity contribution in [3.8, 4) is 11.8 Å². The standard InChI is InChI=1S/C17H20N2O6S2.C2H4.I2/c1-26-17(10-27(24,25)11-17)14(16(22)19-23)18-15(21)13-7-5-12(6-8-13)4-2-3-9-20;2*1-2/h5-8,14,20,23H,3,9-11H2,1H3,(H,18,21)(H,19,22);1-2H2;. The fraction of sp³-hybridized carbons (Fsp3) is 0.368. The largest absolute Gasteiger partial charge is 0.395 e. The normalized spacial score (nSPS) is 15.6. The molecule has 0 saturated carbocycles. The number of nitrogens with one attached hydrogen (secondary N) is 2. The number of benzene rings is 1. The Morgan fingerprint density at radius 1 is 1.26 bits per heavy atom. The molecule has 1 atom stereocenters. The summed E-state index contributed by atoms with van der Waals surface area (Å²) in [5, 5.41) is 20.2. The van der Waals surface area contributed by atoms with Gasteiger partial charge < -0.3 is 10.4 Å². The third-order valence-electron chi connectivity index (χ3n) is 4.13. The van der Waals surface area contributed by atoms with Gasteiger partial charge in [-0.25, -0.2) is 13.9 Å². The van der Waals surface area contributed by atoms with Crippen molar-refractivity contribution in [1.29, 1.82) is 0 Å². The molecule has 8 nitrogen and oxygen atoms in total. The SMILES string of the molecule is C=C.CSC1(C(NC(=O)c2ccc(C#CCCO)cc2)C(=O)NO)CS(=O)(=O)C1.II. The number of aliphatic hydroxyl groups is 1. The van der Waals surface area contributed by atoms with Crippen molar-refractivity contribution in [3.05, 3.63) is 48.6 Å². The average Bonchev–Trinajstić information content (AvgIpc) is 2.78. The molecule has 172 valence electrons. The number of rotatable bonds is 6. The van der Waals surface area contributed by atoms with Crippen LogP contribution in [0.4, 0.5) is 0 Å². The molecule has 4 N–H and O–H groups in total. The maximum atomic E-state index is 12.5. The highest BCUT2D eigenvalue weighted by Crippen LogP contribution is 2.39. The summed E-state index contributed by atoms with van der Waals surface area (Å²) in [6.07, 6.45) is 2.00. The molecule has 2 rings (SSSR count). The van der Waals surface area contributed by atoms with Gasteiger partial charge in [0.2, 0.25) is 0 Å². The molecule has 0 aromatic heterocycles. The van der Waals surface area contributed by atoms with Crippen LogP contribution in [0.3, 0.4) is 0 Å². The number of amides is 2. The number of aliphatic hydroxyl groups excluding tert-OH is 1. The van der Waals surface area contributed by atoms with Crippen molar-refractivity contribution in [1.82, 2.24) is 10.8 Å². The van der Waals surface area contributed by atoms with Gasteiger partial charge in [-0.05, 0) is 30.5 Å². The fourth-order valence-electron chi connectivity index (χ4n) is 2.74. The minimum atomic E-state index is -3.27. The second kappa shape index (κ2) is 15.1. The number of hydrogen-bond acceptors (Lipinski definition) is 7. The maximum Gasteiger partial charge on any atom is 0.267 e. The van der Waals surface area contributed by atoms with Crippen LogP contribution in [0.2, 0.25) is 0 Å². The van der Waals surface area contributed by atoms with Crippen molar-refractivity contribution in [3.63, 3.8) is 0 Å². The van der Waals surface area contributed by atoms with Gasteiger partial charge in [0.25, 0.3) is 11.8 Å². The molecule has 1 aliphatic rings. The Hall–Kier alpha value is -0.860. The molecule has 1 saturated heterocycles. The van der Waals surface area contributed by atoms with E-state index in [1.807, 2.05) is 0 Å². The lowest BCUT2D eigenvalue weighted by Gasteiger charge is -2.44. The number of carbonyl (C=O) groups is 2. The third-order valence-corrected chi connectivity index (χ3v) is 7.74. The summed E-state index contributed by atoms with van der Waals surface area (Å²) in [4.78, 5) is 24.6. The molecule has 1 fully saturated rings. The number of halogens is 2. The highest BCUT2D eigenvalue weighted by molar-refractivity contribution is 15.0. The number of hydroxylamine groups is 1. The molecule has 1 aromatic rings. The molecule has 2 amide bonds. The van der Waals surface area contributed by atoms with E-state index in [4.69, 9.17) is 10.3 Å². The van der Waals surface area contributed by atoms with Crippen LogP contribution in [0.25, 0.3) is 0 Å². The van der Waals surface area contributed by atoms with Crippen molar-refractivity contribution in [2.75, 3.05) is 24.4 Å². The predicted molar refractivity (Wildman–Crippen MR) is 140 cm³/mol.